The lowest BCUT2D eigenvalue weighted by Crippen LogP contribution is -2.37. The Morgan fingerprint density at radius 1 is 1.12 bits per heavy atom. The largest absolute Gasteiger partial charge is 0.433 e. The van der Waals surface area contributed by atoms with Crippen molar-refractivity contribution < 1.29 is 9.34 Å². The number of rotatable bonds is 6. The van der Waals surface area contributed by atoms with Crippen LogP contribution in [0.4, 0.5) is 11.8 Å². The molecule has 0 aliphatic heterocycles. The van der Waals surface area contributed by atoms with Gasteiger partial charge in [-0.05, 0) is 23.8 Å². The maximum atomic E-state index is 12.9. The number of aryl methyl sites for hydroxylation is 1. The maximum absolute atomic E-state index is 12.9. The van der Waals surface area contributed by atoms with E-state index in [1.807, 2.05) is 30.3 Å². The van der Waals surface area contributed by atoms with E-state index >= 15 is 0 Å². The van der Waals surface area contributed by atoms with E-state index in [-0.39, 0.29) is 28.8 Å². The summed E-state index contributed by atoms with van der Waals surface area (Å²) in [6, 6.07) is 12.2. The highest BCUT2D eigenvalue weighted by atomic mass is 16.6. The molecule has 0 spiro atoms. The molecule has 32 heavy (non-hydrogen) atoms. The summed E-state index contributed by atoms with van der Waals surface area (Å²) in [5.74, 6) is 0.164. The number of furan rings is 1. The Morgan fingerprint density at radius 2 is 1.88 bits per heavy atom. The monoisotopic (exact) mass is 434 g/mol. The average Bonchev–Trinajstić information content (AvgIpc) is 3.40. The molecule has 0 radical (unpaired) electrons. The number of hydrogen-bond acceptors (Lipinski definition) is 7. The first-order valence-electron chi connectivity index (χ1n) is 9.52. The first kappa shape index (κ1) is 20.7. The highest BCUT2D eigenvalue weighted by Crippen LogP contribution is 2.20. The van der Waals surface area contributed by atoms with E-state index in [4.69, 9.17) is 4.42 Å². The molecule has 4 rings (SSSR count). The molecule has 0 unspecified atom stereocenters. The smallest absolute Gasteiger partial charge is 0.401 e. The number of imidazole rings is 1. The molecule has 3 heterocycles. The number of benzene rings is 1. The van der Waals surface area contributed by atoms with Crippen molar-refractivity contribution in [1.29, 1.82) is 0 Å². The quantitative estimate of drug-likeness (QED) is 0.260. The highest BCUT2D eigenvalue weighted by molar-refractivity contribution is 5.81. The van der Waals surface area contributed by atoms with Crippen molar-refractivity contribution in [1.82, 2.24) is 18.7 Å². The highest BCUT2D eigenvalue weighted by Gasteiger charge is 2.18. The lowest BCUT2D eigenvalue weighted by molar-refractivity contribution is -0.402. The Bertz CT molecular complexity index is 1490. The van der Waals surface area contributed by atoms with Crippen molar-refractivity contribution in [3.05, 3.63) is 90.8 Å². The molecular formula is C21H18N6O5. The standard InChI is InChI=1S/C21H18N6O5/c1-24-18-17(19(28)25(2)21(24)29)26(13-14-7-4-3-5-8-14)20(23-18)22-12-6-9-15-10-11-16(32-15)27(30)31/h3-12H,13H2,1-2H3/b9-6+,22-12?. The van der Waals surface area contributed by atoms with Gasteiger partial charge in [-0.1, -0.05) is 30.3 Å². The van der Waals surface area contributed by atoms with Gasteiger partial charge in [0.2, 0.25) is 5.95 Å². The van der Waals surface area contributed by atoms with Gasteiger partial charge in [0, 0.05) is 20.3 Å². The number of nitrogens with zero attached hydrogens (tertiary/aromatic N) is 6. The van der Waals surface area contributed by atoms with Gasteiger partial charge in [0.05, 0.1) is 12.6 Å². The first-order valence-corrected chi connectivity index (χ1v) is 9.52. The van der Waals surface area contributed by atoms with Crippen LogP contribution in [-0.2, 0) is 20.6 Å². The summed E-state index contributed by atoms with van der Waals surface area (Å²) in [7, 11) is 2.96. The van der Waals surface area contributed by atoms with Crippen LogP contribution in [0, 0.1) is 10.1 Å². The third kappa shape index (κ3) is 3.78. The van der Waals surface area contributed by atoms with Crippen LogP contribution in [0.25, 0.3) is 17.2 Å². The molecular weight excluding hydrogens is 416 g/mol. The zero-order valence-electron chi connectivity index (χ0n) is 17.2. The number of nitro groups is 1. The average molecular weight is 434 g/mol. The van der Waals surface area contributed by atoms with Gasteiger partial charge >= 0.3 is 11.6 Å². The van der Waals surface area contributed by atoms with Crippen LogP contribution in [0.2, 0.25) is 0 Å². The molecule has 4 aromatic rings. The fourth-order valence-electron chi connectivity index (χ4n) is 3.23. The molecule has 0 saturated carbocycles. The first-order chi connectivity index (χ1) is 15.4. The third-order valence-corrected chi connectivity index (χ3v) is 4.84. The summed E-state index contributed by atoms with van der Waals surface area (Å²) in [6.07, 6.45) is 4.47. The summed E-state index contributed by atoms with van der Waals surface area (Å²) in [5, 5.41) is 10.7. The Labute approximate surface area is 180 Å². The molecule has 0 N–H and O–H groups in total. The minimum Gasteiger partial charge on any atom is -0.401 e. The topological polar surface area (TPSA) is 130 Å². The van der Waals surface area contributed by atoms with Crippen LogP contribution >= 0.6 is 0 Å². The zero-order valence-corrected chi connectivity index (χ0v) is 17.2. The van der Waals surface area contributed by atoms with Gasteiger partial charge in [0.1, 0.15) is 10.7 Å². The second-order valence-electron chi connectivity index (χ2n) is 6.93. The number of hydrogen-bond donors (Lipinski definition) is 0. The molecule has 0 saturated heterocycles. The number of fused-ring (bicyclic) bond motifs is 1. The molecule has 0 fully saturated rings. The van der Waals surface area contributed by atoms with Crippen LogP contribution in [0.15, 0.2) is 67.5 Å². The molecule has 3 aromatic heterocycles. The molecule has 162 valence electrons. The van der Waals surface area contributed by atoms with Crippen LogP contribution in [0.1, 0.15) is 11.3 Å². The Kier molecular flexibility index (Phi) is 5.37. The molecule has 0 bridgehead atoms. The van der Waals surface area contributed by atoms with Crippen molar-refractivity contribution in [3.63, 3.8) is 0 Å². The van der Waals surface area contributed by atoms with Gasteiger partial charge in [0.15, 0.2) is 11.2 Å². The van der Waals surface area contributed by atoms with Crippen molar-refractivity contribution in [2.45, 2.75) is 6.54 Å². The van der Waals surface area contributed by atoms with E-state index in [1.165, 1.54) is 42.1 Å². The Morgan fingerprint density at radius 3 is 2.56 bits per heavy atom. The van der Waals surface area contributed by atoms with Crippen LogP contribution in [0.3, 0.4) is 0 Å². The predicted molar refractivity (Wildman–Crippen MR) is 118 cm³/mol. The van der Waals surface area contributed by atoms with Gasteiger partial charge in [0.25, 0.3) is 5.56 Å². The van der Waals surface area contributed by atoms with Gasteiger partial charge < -0.3 is 4.42 Å². The molecule has 0 aliphatic rings. The van der Waals surface area contributed by atoms with Crippen molar-refractivity contribution in [3.8, 4) is 0 Å². The van der Waals surface area contributed by atoms with E-state index in [9.17, 15) is 19.7 Å². The number of aromatic nitrogens is 4. The number of aliphatic imine (C=N–C) groups is 1. The van der Waals surface area contributed by atoms with E-state index < -0.39 is 16.2 Å². The minimum atomic E-state index is -0.623. The summed E-state index contributed by atoms with van der Waals surface area (Å²) < 4.78 is 9.03. The molecule has 0 atom stereocenters. The molecule has 11 nitrogen and oxygen atoms in total. The Balaban J connectivity index is 1.77. The van der Waals surface area contributed by atoms with Crippen molar-refractivity contribution in [2.75, 3.05) is 0 Å². The molecule has 0 aliphatic carbocycles. The van der Waals surface area contributed by atoms with Gasteiger partial charge in [-0.25, -0.2) is 9.79 Å². The summed E-state index contributed by atoms with van der Waals surface area (Å²) in [4.78, 5) is 44.0. The maximum Gasteiger partial charge on any atom is 0.433 e. The fraction of sp³-hybridized carbons (Fsp3) is 0.143. The zero-order chi connectivity index (χ0) is 22.8. The van der Waals surface area contributed by atoms with Crippen molar-refractivity contribution in [2.24, 2.45) is 19.1 Å². The van der Waals surface area contributed by atoms with Crippen LogP contribution in [-0.4, -0.2) is 29.8 Å². The summed E-state index contributed by atoms with van der Waals surface area (Å²) >= 11 is 0. The SMILES string of the molecule is Cn1c(=O)c2c(nc(N=C/C=C/c3ccc([N+](=O)[O-])o3)n2Cc2ccccc2)n(C)c1=O. The van der Waals surface area contributed by atoms with Gasteiger partial charge in [-0.2, -0.15) is 4.98 Å². The van der Waals surface area contributed by atoms with E-state index in [0.29, 0.717) is 6.54 Å². The second-order valence-corrected chi connectivity index (χ2v) is 6.93. The predicted octanol–water partition coefficient (Wildman–Crippen LogP) is 2.40. The van der Waals surface area contributed by atoms with Gasteiger partial charge in [-0.15, -0.1) is 0 Å². The number of allylic oxidation sites excluding steroid dienone is 1. The molecule has 1 aromatic carbocycles. The van der Waals surface area contributed by atoms with Crippen LogP contribution < -0.4 is 11.2 Å². The molecule has 11 heteroatoms. The minimum absolute atomic E-state index is 0.229. The lowest BCUT2D eigenvalue weighted by atomic mass is 10.2. The van der Waals surface area contributed by atoms with Gasteiger partial charge in [-0.3, -0.25) is 28.6 Å². The van der Waals surface area contributed by atoms with E-state index in [2.05, 4.69) is 9.98 Å². The summed E-state index contributed by atoms with van der Waals surface area (Å²) in [5.41, 5.74) is 0.466. The molecule has 0 amide bonds. The van der Waals surface area contributed by atoms with E-state index in [1.54, 1.807) is 11.6 Å². The third-order valence-electron chi connectivity index (χ3n) is 4.84. The van der Waals surface area contributed by atoms with E-state index in [0.717, 1.165) is 10.1 Å². The fourth-order valence-corrected chi connectivity index (χ4v) is 3.23. The normalized spacial score (nSPS) is 11.8. The Hall–Kier alpha value is -4.54. The lowest BCUT2D eigenvalue weighted by Gasteiger charge is -2.07. The summed E-state index contributed by atoms with van der Waals surface area (Å²) in [6.45, 7) is 0.325. The second kappa shape index (κ2) is 8.30. The van der Waals surface area contributed by atoms with Crippen molar-refractivity contribution >= 4 is 35.3 Å². The van der Waals surface area contributed by atoms with Crippen LogP contribution in [0.5, 0.6) is 0 Å².